The molecule has 3 rings (SSSR count). The predicted octanol–water partition coefficient (Wildman–Crippen LogP) is 3.91. The van der Waals surface area contributed by atoms with Crippen molar-refractivity contribution in [1.82, 2.24) is 4.90 Å². The van der Waals surface area contributed by atoms with E-state index in [9.17, 15) is 14.7 Å². The summed E-state index contributed by atoms with van der Waals surface area (Å²) in [5.74, 6) is 0.492. The van der Waals surface area contributed by atoms with Crippen molar-refractivity contribution in [3.8, 4) is 5.75 Å². The quantitative estimate of drug-likeness (QED) is 0.772. The van der Waals surface area contributed by atoms with Crippen LogP contribution in [0, 0.1) is 5.92 Å². The zero-order chi connectivity index (χ0) is 20.9. The van der Waals surface area contributed by atoms with Crippen molar-refractivity contribution in [2.45, 2.75) is 38.5 Å². The van der Waals surface area contributed by atoms with Gasteiger partial charge in [0.05, 0.1) is 18.4 Å². The van der Waals surface area contributed by atoms with Crippen molar-refractivity contribution in [2.24, 2.45) is 5.92 Å². The van der Waals surface area contributed by atoms with Gasteiger partial charge in [0.15, 0.2) is 0 Å². The molecule has 5 nitrogen and oxygen atoms in total. The highest BCUT2D eigenvalue weighted by molar-refractivity contribution is 5.83. The topological polar surface area (TPSA) is 66.8 Å². The van der Waals surface area contributed by atoms with Crippen LogP contribution in [0.3, 0.4) is 0 Å². The van der Waals surface area contributed by atoms with E-state index < -0.39 is 11.4 Å². The Labute approximate surface area is 172 Å². The molecule has 1 saturated heterocycles. The number of benzene rings is 2. The zero-order valence-corrected chi connectivity index (χ0v) is 17.1. The Balaban J connectivity index is 1.59. The maximum Gasteiger partial charge on any atom is 0.314 e. The maximum absolute atomic E-state index is 12.7. The number of carbonyl (C=O) groups excluding carboxylic acids is 1. The first-order valence-electron chi connectivity index (χ1n) is 10.2. The van der Waals surface area contributed by atoms with Gasteiger partial charge < -0.3 is 14.7 Å². The number of carboxylic acid groups (broad SMARTS) is 1. The second-order valence-electron chi connectivity index (χ2n) is 8.16. The molecule has 5 heteroatoms. The van der Waals surface area contributed by atoms with Crippen LogP contribution in [0.25, 0.3) is 0 Å². The number of likely N-dealkylation sites (tertiary alicyclic amines) is 1. The molecule has 0 bridgehead atoms. The fourth-order valence-electron chi connectivity index (χ4n) is 3.77. The van der Waals surface area contributed by atoms with Crippen LogP contribution in [0.4, 0.5) is 0 Å². The lowest BCUT2D eigenvalue weighted by Gasteiger charge is -2.39. The Morgan fingerprint density at radius 1 is 1.03 bits per heavy atom. The third-order valence-corrected chi connectivity index (χ3v) is 5.57. The summed E-state index contributed by atoms with van der Waals surface area (Å²) in [5.41, 5.74) is 0.842. The van der Waals surface area contributed by atoms with E-state index in [4.69, 9.17) is 4.74 Å². The highest BCUT2D eigenvalue weighted by Gasteiger charge is 2.43. The second-order valence-corrected chi connectivity index (χ2v) is 8.16. The number of ether oxygens (including phenoxy) is 1. The molecule has 0 aliphatic carbocycles. The van der Waals surface area contributed by atoms with E-state index in [1.807, 2.05) is 54.6 Å². The van der Waals surface area contributed by atoms with Gasteiger partial charge in [-0.05, 0) is 42.0 Å². The van der Waals surface area contributed by atoms with Gasteiger partial charge in [0.2, 0.25) is 5.91 Å². The van der Waals surface area contributed by atoms with E-state index in [1.54, 1.807) is 4.90 Å². The molecule has 0 spiro atoms. The van der Waals surface area contributed by atoms with Gasteiger partial charge in [0, 0.05) is 13.1 Å². The number of rotatable bonds is 7. The highest BCUT2D eigenvalue weighted by Crippen LogP contribution is 2.36. The zero-order valence-electron chi connectivity index (χ0n) is 17.1. The summed E-state index contributed by atoms with van der Waals surface area (Å²) in [6.45, 7) is 5.77. The molecular weight excluding hydrogens is 366 g/mol. The van der Waals surface area contributed by atoms with Crippen molar-refractivity contribution in [2.75, 3.05) is 19.7 Å². The fourth-order valence-corrected chi connectivity index (χ4v) is 3.77. The SMILES string of the molecule is CC(C)COc1ccc(CC(=O)N2CCC(C(=O)O)(c3ccccc3)CC2)cc1. The molecular formula is C24H29NO4. The van der Waals surface area contributed by atoms with Crippen LogP contribution in [-0.4, -0.2) is 41.6 Å². The average molecular weight is 395 g/mol. The van der Waals surface area contributed by atoms with Gasteiger partial charge in [-0.2, -0.15) is 0 Å². The molecule has 0 aromatic heterocycles. The molecule has 0 unspecified atom stereocenters. The molecule has 2 aromatic rings. The monoisotopic (exact) mass is 395 g/mol. The van der Waals surface area contributed by atoms with E-state index in [1.165, 1.54) is 0 Å². The van der Waals surface area contributed by atoms with Crippen LogP contribution in [-0.2, 0) is 21.4 Å². The molecule has 154 valence electrons. The number of amides is 1. The second kappa shape index (κ2) is 9.12. The lowest BCUT2D eigenvalue weighted by Crippen LogP contribution is -2.49. The van der Waals surface area contributed by atoms with Crippen molar-refractivity contribution < 1.29 is 19.4 Å². The predicted molar refractivity (Wildman–Crippen MR) is 112 cm³/mol. The Kier molecular flexibility index (Phi) is 6.57. The normalized spacial score (nSPS) is 15.9. The molecule has 0 atom stereocenters. The molecule has 2 aromatic carbocycles. The van der Waals surface area contributed by atoms with E-state index in [2.05, 4.69) is 13.8 Å². The first kappa shape index (κ1) is 20.9. The van der Waals surface area contributed by atoms with Gasteiger partial charge >= 0.3 is 5.97 Å². The van der Waals surface area contributed by atoms with Crippen molar-refractivity contribution in [3.63, 3.8) is 0 Å². The van der Waals surface area contributed by atoms with Gasteiger partial charge in [-0.25, -0.2) is 0 Å². The molecule has 1 fully saturated rings. The number of hydrogen-bond acceptors (Lipinski definition) is 3. The number of hydrogen-bond donors (Lipinski definition) is 1. The number of nitrogens with zero attached hydrogens (tertiary/aromatic N) is 1. The van der Waals surface area contributed by atoms with Crippen LogP contribution in [0.15, 0.2) is 54.6 Å². The smallest absolute Gasteiger partial charge is 0.314 e. The third-order valence-electron chi connectivity index (χ3n) is 5.57. The minimum atomic E-state index is -0.909. The molecule has 1 N–H and O–H groups in total. The summed E-state index contributed by atoms with van der Waals surface area (Å²) in [7, 11) is 0. The summed E-state index contributed by atoms with van der Waals surface area (Å²) in [4.78, 5) is 26.6. The van der Waals surface area contributed by atoms with Crippen LogP contribution in [0.1, 0.15) is 37.8 Å². The van der Waals surface area contributed by atoms with Crippen LogP contribution in [0.2, 0.25) is 0 Å². The van der Waals surface area contributed by atoms with Crippen LogP contribution in [0.5, 0.6) is 5.75 Å². The van der Waals surface area contributed by atoms with Crippen molar-refractivity contribution in [1.29, 1.82) is 0 Å². The van der Waals surface area contributed by atoms with E-state index in [-0.39, 0.29) is 5.91 Å². The molecule has 0 radical (unpaired) electrons. The summed E-state index contributed by atoms with van der Waals surface area (Å²) >= 11 is 0. The van der Waals surface area contributed by atoms with Gasteiger partial charge in [-0.1, -0.05) is 56.3 Å². The molecule has 0 saturated carbocycles. The molecule has 29 heavy (non-hydrogen) atoms. The van der Waals surface area contributed by atoms with Crippen molar-refractivity contribution in [3.05, 3.63) is 65.7 Å². The number of aliphatic carboxylic acids is 1. The largest absolute Gasteiger partial charge is 0.493 e. The van der Waals surface area contributed by atoms with E-state index in [0.717, 1.165) is 16.9 Å². The average Bonchev–Trinajstić information content (AvgIpc) is 2.73. The lowest BCUT2D eigenvalue weighted by molar-refractivity contribution is -0.148. The molecule has 1 heterocycles. The van der Waals surface area contributed by atoms with E-state index in [0.29, 0.717) is 44.9 Å². The molecule has 1 aliphatic heterocycles. The summed E-state index contributed by atoms with van der Waals surface area (Å²) in [5, 5.41) is 9.89. The maximum atomic E-state index is 12.7. The number of carbonyl (C=O) groups is 2. The van der Waals surface area contributed by atoms with Crippen LogP contribution < -0.4 is 4.74 Å². The van der Waals surface area contributed by atoms with Crippen molar-refractivity contribution >= 4 is 11.9 Å². The lowest BCUT2D eigenvalue weighted by atomic mass is 9.73. The van der Waals surface area contributed by atoms with Gasteiger partial charge in [0.1, 0.15) is 5.75 Å². The third kappa shape index (κ3) is 4.97. The summed E-state index contributed by atoms with van der Waals surface area (Å²) < 4.78 is 5.68. The Morgan fingerprint density at radius 2 is 1.66 bits per heavy atom. The fraction of sp³-hybridized carbons (Fsp3) is 0.417. The first-order valence-corrected chi connectivity index (χ1v) is 10.2. The van der Waals surface area contributed by atoms with Gasteiger partial charge in [-0.3, -0.25) is 9.59 Å². The van der Waals surface area contributed by atoms with Gasteiger partial charge in [0.25, 0.3) is 0 Å². The molecule has 1 amide bonds. The standard InChI is InChI=1S/C24H29NO4/c1-18(2)17-29-21-10-8-19(9-11-21)16-22(26)25-14-12-24(13-15-25,23(27)28)20-6-4-3-5-7-20/h3-11,18H,12-17H2,1-2H3,(H,27,28). The minimum Gasteiger partial charge on any atom is -0.493 e. The first-order chi connectivity index (χ1) is 13.9. The number of carboxylic acids is 1. The molecule has 1 aliphatic rings. The Hall–Kier alpha value is -2.82. The minimum absolute atomic E-state index is 0.0351. The summed E-state index contributed by atoms with van der Waals surface area (Å²) in [6.07, 6.45) is 1.18. The number of piperidine rings is 1. The van der Waals surface area contributed by atoms with Crippen LogP contribution >= 0.6 is 0 Å². The Bertz CT molecular complexity index is 822. The van der Waals surface area contributed by atoms with Gasteiger partial charge in [-0.15, -0.1) is 0 Å². The Morgan fingerprint density at radius 3 is 2.21 bits per heavy atom. The highest BCUT2D eigenvalue weighted by atomic mass is 16.5. The van der Waals surface area contributed by atoms with E-state index >= 15 is 0 Å². The summed E-state index contributed by atoms with van der Waals surface area (Å²) in [6, 6.07) is 17.0.